The number of alkyl halides is 3. The number of hydrogen-bond acceptors (Lipinski definition) is 3. The highest BCUT2D eigenvalue weighted by molar-refractivity contribution is 5.50. The van der Waals surface area contributed by atoms with Gasteiger partial charge in [0.1, 0.15) is 11.5 Å². The Morgan fingerprint density at radius 3 is 2.50 bits per heavy atom. The first kappa shape index (κ1) is 11.7. The van der Waals surface area contributed by atoms with Gasteiger partial charge in [-0.25, -0.2) is 0 Å². The van der Waals surface area contributed by atoms with Gasteiger partial charge < -0.3 is 9.84 Å². The smallest absolute Gasteiger partial charge is 0.507 e. The maximum Gasteiger partial charge on any atom is 0.573 e. The molecule has 0 unspecified atom stereocenters. The molecule has 0 bridgehead atoms. The Morgan fingerprint density at radius 1 is 1.31 bits per heavy atom. The largest absolute Gasteiger partial charge is 0.573 e. The third kappa shape index (κ3) is 3.43. The molecule has 16 heavy (non-hydrogen) atoms. The number of hydrogen-bond donors (Lipinski definition) is 1. The fourth-order valence-corrected chi connectivity index (χ4v) is 0.910. The lowest BCUT2D eigenvalue weighted by Gasteiger charge is -2.09. The van der Waals surface area contributed by atoms with E-state index in [4.69, 9.17) is 5.26 Å². The van der Waals surface area contributed by atoms with E-state index in [1.54, 1.807) is 0 Å². The van der Waals surface area contributed by atoms with E-state index in [2.05, 4.69) is 10.7 Å². The zero-order valence-electron chi connectivity index (χ0n) is 7.67. The molecule has 0 heterocycles. The minimum atomic E-state index is -4.81. The van der Waals surface area contributed by atoms with Crippen LogP contribution < -0.4 is 4.74 Å². The maximum absolute atomic E-state index is 11.8. The van der Waals surface area contributed by atoms with Gasteiger partial charge in [-0.15, -0.1) is 13.2 Å². The normalized spacial score (nSPS) is 9.88. The fraction of sp³-hybridized carbons (Fsp3) is 0.100. The summed E-state index contributed by atoms with van der Waals surface area (Å²) in [5.41, 5.74) is 0.0519. The molecule has 0 atom stereocenters. The number of ether oxygens (including phenoxy) is 1. The molecule has 0 aliphatic carbocycles. The average Bonchev–Trinajstić information content (AvgIpc) is 2.14. The summed E-state index contributed by atoms with van der Waals surface area (Å²) in [5, 5.41) is 17.4. The minimum absolute atomic E-state index is 0.0519. The van der Waals surface area contributed by atoms with E-state index in [0.29, 0.717) is 0 Å². The van der Waals surface area contributed by atoms with Crippen LogP contribution in [0.4, 0.5) is 13.2 Å². The van der Waals surface area contributed by atoms with Crippen molar-refractivity contribution in [2.24, 2.45) is 0 Å². The number of phenolic OH excluding ortho intramolecular Hbond substituents is 1. The van der Waals surface area contributed by atoms with E-state index in [-0.39, 0.29) is 5.56 Å². The average molecular weight is 227 g/mol. The molecule has 1 N–H and O–H groups in total. The highest BCUT2D eigenvalue weighted by atomic mass is 19.4. The van der Waals surface area contributed by atoms with Crippen LogP contribution in [0, 0.1) is 23.2 Å². The maximum atomic E-state index is 11.8. The molecule has 3 nitrogen and oxygen atoms in total. The Morgan fingerprint density at radius 2 is 2.00 bits per heavy atom. The zero-order chi connectivity index (χ0) is 12.2. The number of nitriles is 1. The fourth-order valence-electron chi connectivity index (χ4n) is 0.910. The Bertz CT molecular complexity index is 492. The van der Waals surface area contributed by atoms with Crippen molar-refractivity contribution in [1.82, 2.24) is 0 Å². The lowest BCUT2D eigenvalue weighted by molar-refractivity contribution is -0.274. The molecule has 0 amide bonds. The third-order valence-corrected chi connectivity index (χ3v) is 1.46. The molecule has 0 aliphatic rings. The van der Waals surface area contributed by atoms with Crippen LogP contribution in [0.1, 0.15) is 5.56 Å². The second kappa shape index (κ2) is 4.45. The number of rotatable bonds is 1. The van der Waals surface area contributed by atoms with Crippen LogP contribution >= 0.6 is 0 Å². The predicted molar refractivity (Wildman–Crippen MR) is 47.3 cm³/mol. The van der Waals surface area contributed by atoms with Crippen LogP contribution in [0.15, 0.2) is 18.2 Å². The first-order valence-electron chi connectivity index (χ1n) is 3.91. The van der Waals surface area contributed by atoms with Crippen LogP contribution in [-0.4, -0.2) is 11.5 Å². The summed E-state index contributed by atoms with van der Waals surface area (Å²) in [6, 6.07) is 4.41. The molecular weight excluding hydrogens is 223 g/mol. The van der Waals surface area contributed by atoms with Gasteiger partial charge in [0.15, 0.2) is 6.07 Å². The first-order valence-corrected chi connectivity index (χ1v) is 3.91. The summed E-state index contributed by atoms with van der Waals surface area (Å²) in [4.78, 5) is 0. The van der Waals surface area contributed by atoms with E-state index in [1.807, 2.05) is 5.92 Å². The number of nitrogens with zero attached hydrogens (tertiary/aromatic N) is 1. The van der Waals surface area contributed by atoms with Crippen LogP contribution in [0.5, 0.6) is 11.5 Å². The summed E-state index contributed by atoms with van der Waals surface area (Å²) in [7, 11) is 0. The summed E-state index contributed by atoms with van der Waals surface area (Å²) < 4.78 is 39.0. The van der Waals surface area contributed by atoms with Crippen LogP contribution in [0.2, 0.25) is 0 Å². The summed E-state index contributed by atoms with van der Waals surface area (Å²) >= 11 is 0. The monoisotopic (exact) mass is 227 g/mol. The van der Waals surface area contributed by atoms with E-state index in [0.717, 1.165) is 18.2 Å². The van der Waals surface area contributed by atoms with Gasteiger partial charge in [0.05, 0.1) is 5.56 Å². The van der Waals surface area contributed by atoms with Gasteiger partial charge in [0.2, 0.25) is 0 Å². The van der Waals surface area contributed by atoms with Gasteiger partial charge in [-0.3, -0.25) is 0 Å². The number of halogens is 3. The highest BCUT2D eigenvalue weighted by Crippen LogP contribution is 2.27. The number of aromatic hydroxyl groups is 1. The topological polar surface area (TPSA) is 53.2 Å². The molecule has 82 valence electrons. The quantitative estimate of drug-likeness (QED) is 0.748. The van der Waals surface area contributed by atoms with E-state index in [9.17, 15) is 18.3 Å². The number of phenols is 1. The Balaban J connectivity index is 2.97. The lowest BCUT2D eigenvalue weighted by atomic mass is 10.2. The molecular formula is C10H4F3NO2. The van der Waals surface area contributed by atoms with E-state index < -0.39 is 17.9 Å². The van der Waals surface area contributed by atoms with Crippen LogP contribution in [0.3, 0.4) is 0 Å². The van der Waals surface area contributed by atoms with E-state index >= 15 is 0 Å². The molecule has 0 radical (unpaired) electrons. The SMILES string of the molecule is N#CC#Cc1ccc(OC(F)(F)F)cc1O. The number of benzene rings is 1. The highest BCUT2D eigenvalue weighted by Gasteiger charge is 2.31. The molecule has 0 saturated carbocycles. The molecule has 0 aromatic heterocycles. The zero-order valence-corrected chi connectivity index (χ0v) is 7.67. The second-order valence-electron chi connectivity index (χ2n) is 2.59. The Kier molecular flexibility index (Phi) is 3.27. The predicted octanol–water partition coefficient (Wildman–Crippen LogP) is 2.17. The van der Waals surface area contributed by atoms with E-state index in [1.165, 1.54) is 6.07 Å². The standard InChI is InChI=1S/C10H4F3NO2/c11-10(12,13)16-8-4-3-7(2-1-5-14)9(15)6-8/h3-4,6,15H. The summed E-state index contributed by atoms with van der Waals surface area (Å²) in [6.45, 7) is 0. The Labute approximate surface area is 88.7 Å². The van der Waals surface area contributed by atoms with Crippen molar-refractivity contribution >= 4 is 0 Å². The minimum Gasteiger partial charge on any atom is -0.507 e. The summed E-state index contributed by atoms with van der Waals surface area (Å²) in [5.74, 6) is 3.23. The van der Waals surface area contributed by atoms with Gasteiger partial charge in [0.25, 0.3) is 0 Å². The van der Waals surface area contributed by atoms with Crippen molar-refractivity contribution in [3.8, 4) is 29.4 Å². The van der Waals surface area contributed by atoms with Gasteiger partial charge in [0, 0.05) is 12.0 Å². The molecule has 1 aromatic rings. The molecule has 6 heteroatoms. The van der Waals surface area contributed by atoms with Crippen molar-refractivity contribution in [3.63, 3.8) is 0 Å². The molecule has 0 saturated heterocycles. The van der Waals surface area contributed by atoms with Crippen molar-refractivity contribution in [2.75, 3.05) is 0 Å². The Hall–Kier alpha value is -2.34. The van der Waals surface area contributed by atoms with Crippen LogP contribution in [-0.2, 0) is 0 Å². The molecule has 0 spiro atoms. The molecule has 0 aliphatic heterocycles. The summed E-state index contributed by atoms with van der Waals surface area (Å²) in [6.07, 6.45) is -4.81. The lowest BCUT2D eigenvalue weighted by Crippen LogP contribution is -2.17. The second-order valence-corrected chi connectivity index (χ2v) is 2.59. The molecule has 1 rings (SSSR count). The van der Waals surface area contributed by atoms with Crippen molar-refractivity contribution in [3.05, 3.63) is 23.8 Å². The van der Waals surface area contributed by atoms with Gasteiger partial charge in [-0.1, -0.05) is 0 Å². The molecule has 0 fully saturated rings. The molecule has 1 aromatic carbocycles. The first-order chi connectivity index (χ1) is 7.42. The van der Waals surface area contributed by atoms with Gasteiger partial charge >= 0.3 is 6.36 Å². The van der Waals surface area contributed by atoms with Crippen molar-refractivity contribution in [1.29, 1.82) is 5.26 Å². The van der Waals surface area contributed by atoms with Crippen molar-refractivity contribution in [2.45, 2.75) is 6.36 Å². The third-order valence-electron chi connectivity index (χ3n) is 1.46. The van der Waals surface area contributed by atoms with Gasteiger partial charge in [-0.05, 0) is 18.1 Å². The van der Waals surface area contributed by atoms with Gasteiger partial charge in [-0.2, -0.15) is 5.26 Å². The van der Waals surface area contributed by atoms with Crippen LogP contribution in [0.25, 0.3) is 0 Å². The van der Waals surface area contributed by atoms with Crippen molar-refractivity contribution < 1.29 is 23.0 Å².